The number of aromatic nitrogens is 3. The molecule has 1 aromatic carbocycles. The van der Waals surface area contributed by atoms with Gasteiger partial charge in [-0.1, -0.05) is 24.3 Å². The highest BCUT2D eigenvalue weighted by molar-refractivity contribution is 5.84. The number of aryl methyl sites for hydroxylation is 1. The first-order valence-electron chi connectivity index (χ1n) is 6.91. The third kappa shape index (κ3) is 3.03. The Bertz CT molecular complexity index is 656. The molecule has 2 aromatic heterocycles. The molecule has 102 valence electrons. The topological polar surface area (TPSA) is 42.7 Å². The molecule has 0 aliphatic heterocycles. The molecule has 0 aliphatic rings. The van der Waals surface area contributed by atoms with Crippen LogP contribution in [0, 0.1) is 0 Å². The Morgan fingerprint density at radius 1 is 1.10 bits per heavy atom. The van der Waals surface area contributed by atoms with E-state index in [4.69, 9.17) is 0 Å². The molecule has 3 rings (SSSR count). The first-order valence-corrected chi connectivity index (χ1v) is 6.91. The maximum Gasteiger partial charge on any atom is 0.0945 e. The van der Waals surface area contributed by atoms with E-state index in [1.807, 2.05) is 37.2 Å². The molecule has 4 heteroatoms. The van der Waals surface area contributed by atoms with E-state index in [1.165, 1.54) is 16.3 Å². The molecule has 1 N–H and O–H groups in total. The minimum atomic E-state index is 0.859. The molecule has 0 amide bonds. The van der Waals surface area contributed by atoms with Gasteiger partial charge in [-0.15, -0.1) is 0 Å². The van der Waals surface area contributed by atoms with Crippen molar-refractivity contribution < 1.29 is 0 Å². The Kier molecular flexibility index (Phi) is 4.04. The van der Waals surface area contributed by atoms with Gasteiger partial charge in [-0.2, -0.15) is 0 Å². The van der Waals surface area contributed by atoms with Crippen LogP contribution in [0.5, 0.6) is 0 Å². The molecule has 0 atom stereocenters. The number of hydrogen-bond acceptors (Lipinski definition) is 3. The van der Waals surface area contributed by atoms with E-state index >= 15 is 0 Å². The third-order valence-electron chi connectivity index (χ3n) is 3.40. The summed E-state index contributed by atoms with van der Waals surface area (Å²) in [6.07, 6.45) is 10.6. The van der Waals surface area contributed by atoms with Gasteiger partial charge in [0.15, 0.2) is 0 Å². The number of benzene rings is 1. The monoisotopic (exact) mass is 266 g/mol. The van der Waals surface area contributed by atoms with Crippen LogP contribution in [0.3, 0.4) is 0 Å². The Balaban J connectivity index is 1.52. The molecule has 0 radical (unpaired) electrons. The van der Waals surface area contributed by atoms with Crippen LogP contribution in [0.15, 0.2) is 55.4 Å². The minimum Gasteiger partial charge on any atom is -0.337 e. The van der Waals surface area contributed by atoms with Crippen LogP contribution in [-0.4, -0.2) is 21.1 Å². The fraction of sp³-hybridized carbons (Fsp3) is 0.250. The van der Waals surface area contributed by atoms with Crippen molar-refractivity contribution in [1.29, 1.82) is 0 Å². The van der Waals surface area contributed by atoms with Crippen molar-refractivity contribution in [3.8, 4) is 0 Å². The van der Waals surface area contributed by atoms with E-state index < -0.39 is 0 Å². The van der Waals surface area contributed by atoms with Crippen molar-refractivity contribution >= 4 is 10.8 Å². The van der Waals surface area contributed by atoms with Gasteiger partial charge in [0, 0.05) is 43.3 Å². The second-order valence-corrected chi connectivity index (χ2v) is 4.85. The van der Waals surface area contributed by atoms with E-state index in [9.17, 15) is 0 Å². The fourth-order valence-corrected chi connectivity index (χ4v) is 2.35. The molecular weight excluding hydrogens is 248 g/mol. The molecule has 0 aliphatic carbocycles. The van der Waals surface area contributed by atoms with Gasteiger partial charge in [0.2, 0.25) is 0 Å². The quantitative estimate of drug-likeness (QED) is 0.697. The summed E-state index contributed by atoms with van der Waals surface area (Å²) in [5, 5.41) is 5.96. The number of pyridine rings is 1. The molecule has 0 bridgehead atoms. The van der Waals surface area contributed by atoms with Gasteiger partial charge in [-0.25, -0.2) is 4.98 Å². The Morgan fingerprint density at radius 2 is 2.05 bits per heavy atom. The third-order valence-corrected chi connectivity index (χ3v) is 3.40. The van der Waals surface area contributed by atoms with Crippen molar-refractivity contribution in [2.45, 2.75) is 19.5 Å². The summed E-state index contributed by atoms with van der Waals surface area (Å²) < 4.78 is 2.10. The molecule has 20 heavy (non-hydrogen) atoms. The number of nitrogens with zero attached hydrogens (tertiary/aromatic N) is 3. The maximum atomic E-state index is 4.30. The van der Waals surface area contributed by atoms with Gasteiger partial charge in [0.05, 0.1) is 6.33 Å². The maximum absolute atomic E-state index is 4.30. The van der Waals surface area contributed by atoms with Gasteiger partial charge >= 0.3 is 0 Å². The normalized spacial score (nSPS) is 11.0. The van der Waals surface area contributed by atoms with Crippen LogP contribution >= 0.6 is 0 Å². The lowest BCUT2D eigenvalue weighted by Gasteiger charge is -2.08. The van der Waals surface area contributed by atoms with E-state index in [-0.39, 0.29) is 0 Å². The van der Waals surface area contributed by atoms with Crippen molar-refractivity contribution in [2.24, 2.45) is 0 Å². The number of imidazole rings is 1. The second kappa shape index (κ2) is 6.30. The molecular formula is C16H18N4. The van der Waals surface area contributed by atoms with E-state index in [2.05, 4.69) is 38.1 Å². The van der Waals surface area contributed by atoms with Gasteiger partial charge in [0.25, 0.3) is 0 Å². The predicted molar refractivity (Wildman–Crippen MR) is 80.3 cm³/mol. The van der Waals surface area contributed by atoms with Gasteiger partial charge in [-0.3, -0.25) is 4.98 Å². The van der Waals surface area contributed by atoms with E-state index in [0.717, 1.165) is 26.1 Å². The smallest absolute Gasteiger partial charge is 0.0945 e. The van der Waals surface area contributed by atoms with Gasteiger partial charge in [0.1, 0.15) is 0 Å². The lowest BCUT2D eigenvalue weighted by molar-refractivity contribution is 0.581. The molecule has 3 aromatic rings. The zero-order chi connectivity index (χ0) is 13.6. The molecule has 0 saturated carbocycles. The molecule has 0 unspecified atom stereocenters. The number of hydrogen-bond donors (Lipinski definition) is 1. The van der Waals surface area contributed by atoms with E-state index in [0.29, 0.717) is 0 Å². The summed E-state index contributed by atoms with van der Waals surface area (Å²) >= 11 is 0. The summed E-state index contributed by atoms with van der Waals surface area (Å²) in [6.45, 7) is 2.85. The zero-order valence-electron chi connectivity index (χ0n) is 11.4. The van der Waals surface area contributed by atoms with Crippen molar-refractivity contribution in [1.82, 2.24) is 19.9 Å². The summed E-state index contributed by atoms with van der Waals surface area (Å²) in [6, 6.07) is 8.38. The Morgan fingerprint density at radius 3 is 2.95 bits per heavy atom. The van der Waals surface area contributed by atoms with Crippen LogP contribution in [0.2, 0.25) is 0 Å². The number of nitrogens with one attached hydrogen (secondary N) is 1. The predicted octanol–water partition coefficient (Wildman–Crippen LogP) is 2.61. The van der Waals surface area contributed by atoms with Crippen molar-refractivity contribution in [3.05, 3.63) is 60.9 Å². The van der Waals surface area contributed by atoms with Gasteiger partial charge in [-0.05, 0) is 23.9 Å². The summed E-state index contributed by atoms with van der Waals surface area (Å²) in [5.41, 5.74) is 1.26. The highest BCUT2D eigenvalue weighted by Gasteiger charge is 2.00. The van der Waals surface area contributed by atoms with Crippen LogP contribution in [0.4, 0.5) is 0 Å². The largest absolute Gasteiger partial charge is 0.337 e. The average molecular weight is 266 g/mol. The zero-order valence-corrected chi connectivity index (χ0v) is 11.4. The highest BCUT2D eigenvalue weighted by Crippen LogP contribution is 2.16. The molecule has 0 fully saturated rings. The first kappa shape index (κ1) is 12.8. The lowest BCUT2D eigenvalue weighted by Crippen LogP contribution is -2.16. The van der Waals surface area contributed by atoms with Crippen LogP contribution in [0.25, 0.3) is 10.8 Å². The van der Waals surface area contributed by atoms with Crippen LogP contribution < -0.4 is 5.32 Å². The Hall–Kier alpha value is -2.20. The molecule has 0 spiro atoms. The SMILES string of the molecule is c1ccc2c(CNCCCn3ccnc3)cncc2c1. The minimum absolute atomic E-state index is 0.859. The van der Waals surface area contributed by atoms with Crippen LogP contribution in [0.1, 0.15) is 12.0 Å². The summed E-state index contributed by atoms with van der Waals surface area (Å²) in [5.74, 6) is 0. The van der Waals surface area contributed by atoms with Gasteiger partial charge < -0.3 is 9.88 Å². The Labute approximate surface area is 118 Å². The summed E-state index contributed by atoms with van der Waals surface area (Å²) in [7, 11) is 0. The van der Waals surface area contributed by atoms with Crippen molar-refractivity contribution in [3.63, 3.8) is 0 Å². The number of fused-ring (bicyclic) bond motifs is 1. The number of rotatable bonds is 6. The average Bonchev–Trinajstić information content (AvgIpc) is 3.00. The lowest BCUT2D eigenvalue weighted by atomic mass is 10.1. The second-order valence-electron chi connectivity index (χ2n) is 4.85. The molecule has 4 nitrogen and oxygen atoms in total. The van der Waals surface area contributed by atoms with Crippen molar-refractivity contribution in [2.75, 3.05) is 6.54 Å². The standard InChI is InChI=1S/C16H18N4/c1-2-5-16-14(4-1)10-19-12-15(16)11-17-6-3-8-20-9-7-18-13-20/h1-2,4-5,7,9-10,12-13,17H,3,6,8,11H2. The molecule has 0 saturated heterocycles. The first-order chi connectivity index (χ1) is 9.93. The molecule has 2 heterocycles. The van der Waals surface area contributed by atoms with E-state index in [1.54, 1.807) is 0 Å². The highest BCUT2D eigenvalue weighted by atomic mass is 15.0. The van der Waals surface area contributed by atoms with Crippen LogP contribution in [-0.2, 0) is 13.1 Å². The summed E-state index contributed by atoms with van der Waals surface area (Å²) in [4.78, 5) is 8.34. The fourth-order valence-electron chi connectivity index (χ4n) is 2.35.